The summed E-state index contributed by atoms with van der Waals surface area (Å²) in [6.07, 6.45) is 1.83. The van der Waals surface area contributed by atoms with E-state index in [4.69, 9.17) is 11.6 Å². The van der Waals surface area contributed by atoms with E-state index >= 15 is 0 Å². The third-order valence-electron chi connectivity index (χ3n) is 5.20. The number of halogens is 1. The molecule has 172 valence electrons. The van der Waals surface area contributed by atoms with Crippen molar-refractivity contribution in [2.24, 2.45) is 0 Å². The first-order valence-electron chi connectivity index (χ1n) is 10.3. The van der Waals surface area contributed by atoms with Gasteiger partial charge in [-0.1, -0.05) is 35.9 Å². The summed E-state index contributed by atoms with van der Waals surface area (Å²) in [5.74, 6) is -0.277. The van der Waals surface area contributed by atoms with Gasteiger partial charge in [-0.25, -0.2) is 8.42 Å². The topological polar surface area (TPSA) is 78.0 Å². The summed E-state index contributed by atoms with van der Waals surface area (Å²) >= 11 is 7.38. The molecule has 1 aromatic heterocycles. The van der Waals surface area contributed by atoms with Gasteiger partial charge < -0.3 is 9.80 Å². The Bertz CT molecular complexity index is 1050. The van der Waals surface area contributed by atoms with Gasteiger partial charge in [-0.3, -0.25) is 9.59 Å². The van der Waals surface area contributed by atoms with Gasteiger partial charge in [-0.2, -0.15) is 4.31 Å². The van der Waals surface area contributed by atoms with Crippen LogP contribution in [0.4, 0.5) is 0 Å². The molecule has 7 nitrogen and oxygen atoms in total. The molecule has 1 aliphatic heterocycles. The Labute approximate surface area is 197 Å². The van der Waals surface area contributed by atoms with Crippen LogP contribution in [-0.4, -0.2) is 67.1 Å². The number of amides is 2. The lowest BCUT2D eigenvalue weighted by molar-refractivity contribution is -0.137. The van der Waals surface area contributed by atoms with Crippen LogP contribution in [0.2, 0.25) is 4.34 Å². The van der Waals surface area contributed by atoms with E-state index in [1.165, 1.54) is 15.6 Å². The second-order valence-corrected chi connectivity index (χ2v) is 11.1. The number of hydrogen-bond acceptors (Lipinski definition) is 5. The molecular formula is C22H26ClN3O4S2. The first-order valence-corrected chi connectivity index (χ1v) is 12.9. The van der Waals surface area contributed by atoms with Gasteiger partial charge in [0.05, 0.1) is 15.8 Å². The van der Waals surface area contributed by atoms with Crippen LogP contribution in [0.15, 0.2) is 60.0 Å². The van der Waals surface area contributed by atoms with Crippen LogP contribution in [0.3, 0.4) is 0 Å². The Hall–Kier alpha value is -2.20. The minimum Gasteiger partial charge on any atom is -0.340 e. The SMILES string of the molecule is C=CCN(Cc1ccc(Cl)s1)C(=O)CCC(=O)N1CCN(S(=O)(=O)c2ccccc2)CC1. The second kappa shape index (κ2) is 11.1. The number of rotatable bonds is 9. The van der Waals surface area contributed by atoms with Gasteiger partial charge in [-0.15, -0.1) is 17.9 Å². The number of nitrogens with zero attached hydrogens (tertiary/aromatic N) is 3. The fourth-order valence-corrected chi connectivity index (χ4v) is 6.03. The Morgan fingerprint density at radius 1 is 1.06 bits per heavy atom. The van der Waals surface area contributed by atoms with Crippen LogP contribution in [0, 0.1) is 0 Å². The molecule has 3 rings (SSSR count). The van der Waals surface area contributed by atoms with Crippen molar-refractivity contribution in [3.8, 4) is 0 Å². The monoisotopic (exact) mass is 495 g/mol. The predicted octanol–water partition coefficient (Wildman–Crippen LogP) is 3.23. The van der Waals surface area contributed by atoms with E-state index in [1.807, 2.05) is 6.07 Å². The van der Waals surface area contributed by atoms with Gasteiger partial charge >= 0.3 is 0 Å². The minimum atomic E-state index is -3.57. The quantitative estimate of drug-likeness (QED) is 0.500. The van der Waals surface area contributed by atoms with Crippen LogP contribution >= 0.6 is 22.9 Å². The van der Waals surface area contributed by atoms with E-state index in [2.05, 4.69) is 6.58 Å². The molecule has 0 spiro atoms. The molecule has 0 N–H and O–H groups in total. The molecule has 0 unspecified atom stereocenters. The first-order chi connectivity index (χ1) is 15.3. The molecule has 32 heavy (non-hydrogen) atoms. The van der Waals surface area contributed by atoms with E-state index in [9.17, 15) is 18.0 Å². The maximum absolute atomic E-state index is 12.7. The number of sulfonamides is 1. The lowest BCUT2D eigenvalue weighted by Crippen LogP contribution is -2.50. The van der Waals surface area contributed by atoms with Crippen molar-refractivity contribution in [2.75, 3.05) is 32.7 Å². The molecule has 1 aromatic carbocycles. The van der Waals surface area contributed by atoms with Gasteiger partial charge in [0.25, 0.3) is 0 Å². The summed E-state index contributed by atoms with van der Waals surface area (Å²) < 4.78 is 27.5. The highest BCUT2D eigenvalue weighted by molar-refractivity contribution is 7.89. The van der Waals surface area contributed by atoms with Gasteiger partial charge in [0.2, 0.25) is 21.8 Å². The molecule has 0 bridgehead atoms. The molecule has 2 aromatic rings. The summed E-state index contributed by atoms with van der Waals surface area (Å²) in [6, 6.07) is 11.9. The van der Waals surface area contributed by atoms with Crippen LogP contribution < -0.4 is 0 Å². The molecule has 1 aliphatic rings. The number of thiophene rings is 1. The Kier molecular flexibility index (Phi) is 8.47. The lowest BCUT2D eigenvalue weighted by atomic mass is 10.2. The highest BCUT2D eigenvalue weighted by atomic mass is 35.5. The molecule has 10 heteroatoms. The number of carbonyl (C=O) groups excluding carboxylic acids is 2. The Morgan fingerprint density at radius 2 is 1.75 bits per heavy atom. The highest BCUT2D eigenvalue weighted by Gasteiger charge is 2.30. The summed E-state index contributed by atoms with van der Waals surface area (Å²) in [5.41, 5.74) is 0. The number of piperazine rings is 1. The van der Waals surface area contributed by atoms with Crippen molar-refractivity contribution in [2.45, 2.75) is 24.3 Å². The summed E-state index contributed by atoms with van der Waals surface area (Å²) in [4.78, 5) is 29.8. The third kappa shape index (κ3) is 6.19. The molecule has 0 radical (unpaired) electrons. The zero-order valence-electron chi connectivity index (χ0n) is 17.7. The molecule has 0 atom stereocenters. The minimum absolute atomic E-state index is 0.0864. The largest absolute Gasteiger partial charge is 0.340 e. The number of benzene rings is 1. The normalized spacial score (nSPS) is 14.8. The van der Waals surface area contributed by atoms with Crippen molar-refractivity contribution in [3.05, 3.63) is 64.3 Å². The Morgan fingerprint density at radius 3 is 2.34 bits per heavy atom. The van der Waals surface area contributed by atoms with Gasteiger partial charge in [0, 0.05) is 50.4 Å². The molecular weight excluding hydrogens is 470 g/mol. The van der Waals surface area contributed by atoms with Crippen LogP contribution in [0.25, 0.3) is 0 Å². The molecule has 0 saturated carbocycles. The molecule has 1 saturated heterocycles. The van der Waals surface area contributed by atoms with Crippen molar-refractivity contribution in [3.63, 3.8) is 0 Å². The maximum Gasteiger partial charge on any atom is 0.243 e. The molecule has 1 fully saturated rings. The van der Waals surface area contributed by atoms with Crippen molar-refractivity contribution < 1.29 is 18.0 Å². The smallest absolute Gasteiger partial charge is 0.243 e. The highest BCUT2D eigenvalue weighted by Crippen LogP contribution is 2.23. The number of hydrogen-bond donors (Lipinski definition) is 0. The van der Waals surface area contributed by atoms with Crippen LogP contribution in [0.1, 0.15) is 17.7 Å². The van der Waals surface area contributed by atoms with Crippen LogP contribution in [-0.2, 0) is 26.2 Å². The first kappa shape index (κ1) is 24.4. The van der Waals surface area contributed by atoms with E-state index in [1.54, 1.807) is 52.3 Å². The van der Waals surface area contributed by atoms with E-state index < -0.39 is 10.0 Å². The third-order valence-corrected chi connectivity index (χ3v) is 8.33. The van der Waals surface area contributed by atoms with E-state index in [0.29, 0.717) is 30.5 Å². The fraction of sp³-hybridized carbons (Fsp3) is 0.364. The zero-order chi connectivity index (χ0) is 23.1. The summed E-state index contributed by atoms with van der Waals surface area (Å²) in [6.45, 7) is 5.60. The predicted molar refractivity (Wildman–Crippen MR) is 126 cm³/mol. The average molecular weight is 496 g/mol. The van der Waals surface area contributed by atoms with E-state index in [-0.39, 0.29) is 42.6 Å². The van der Waals surface area contributed by atoms with Crippen molar-refractivity contribution in [1.82, 2.24) is 14.1 Å². The van der Waals surface area contributed by atoms with Crippen molar-refractivity contribution in [1.29, 1.82) is 0 Å². The number of carbonyl (C=O) groups is 2. The lowest BCUT2D eigenvalue weighted by Gasteiger charge is -2.34. The summed E-state index contributed by atoms with van der Waals surface area (Å²) in [7, 11) is -3.57. The molecule has 2 heterocycles. The van der Waals surface area contributed by atoms with Gasteiger partial charge in [0.1, 0.15) is 0 Å². The van der Waals surface area contributed by atoms with E-state index in [0.717, 1.165) is 4.88 Å². The second-order valence-electron chi connectivity index (χ2n) is 7.37. The zero-order valence-corrected chi connectivity index (χ0v) is 20.0. The average Bonchev–Trinajstić information content (AvgIpc) is 3.22. The summed E-state index contributed by atoms with van der Waals surface area (Å²) in [5, 5.41) is 0. The standard InChI is InChI=1S/C22H26ClN3O4S2/c1-2-12-25(17-18-8-9-20(23)31-18)22(28)11-10-21(27)24-13-15-26(16-14-24)32(29,30)19-6-4-3-5-7-19/h2-9H,1,10-17H2. The fourth-order valence-electron chi connectivity index (χ4n) is 3.48. The maximum atomic E-state index is 12.7. The molecule has 0 aliphatic carbocycles. The Balaban J connectivity index is 1.50. The molecule has 2 amide bonds. The van der Waals surface area contributed by atoms with Gasteiger partial charge in [-0.05, 0) is 24.3 Å². The van der Waals surface area contributed by atoms with Crippen molar-refractivity contribution >= 4 is 44.8 Å². The van der Waals surface area contributed by atoms with Gasteiger partial charge in [0.15, 0.2) is 0 Å². The van der Waals surface area contributed by atoms with Crippen LogP contribution in [0.5, 0.6) is 0 Å².